The Morgan fingerprint density at radius 1 is 1.06 bits per heavy atom. The van der Waals surface area contributed by atoms with Gasteiger partial charge in [0.15, 0.2) is 0 Å². The topological polar surface area (TPSA) is 72.9 Å². The normalized spacial score (nSPS) is 12.1. The third-order valence-corrected chi connectivity index (χ3v) is 5.61. The van der Waals surface area contributed by atoms with E-state index in [2.05, 4.69) is 16.5 Å². The number of rotatable bonds is 6. The summed E-state index contributed by atoms with van der Waals surface area (Å²) in [7, 11) is 0. The van der Waals surface area contributed by atoms with E-state index in [1.807, 2.05) is 50.2 Å². The van der Waals surface area contributed by atoms with Gasteiger partial charge in [-0.1, -0.05) is 48.5 Å². The number of para-hydroxylation sites is 1. The van der Waals surface area contributed by atoms with Crippen molar-refractivity contribution in [1.29, 1.82) is 0 Å². The molecule has 4 rings (SSSR count). The van der Waals surface area contributed by atoms with E-state index in [9.17, 15) is 9.18 Å². The summed E-state index contributed by atoms with van der Waals surface area (Å²) in [5.74, 6) is -0.508. The molecule has 3 aromatic carbocycles. The fraction of sp³-hybridized carbons (Fsp3) is 0.200. The lowest BCUT2D eigenvalue weighted by Gasteiger charge is -2.18. The molecule has 0 aliphatic carbocycles. The van der Waals surface area contributed by atoms with Gasteiger partial charge in [-0.2, -0.15) is 5.10 Å². The Labute approximate surface area is 180 Å². The van der Waals surface area contributed by atoms with Crippen molar-refractivity contribution in [3.8, 4) is 5.69 Å². The van der Waals surface area contributed by atoms with Crippen molar-refractivity contribution in [1.82, 2.24) is 15.1 Å². The molecule has 1 amide bonds. The standard InChI is InChI=1S/C25H25FN4O/c1-16-21(17(2)30(29-16)24-10-6-5-9-22(24)26)14-25(31)28-23(15-27)20-12-11-18-7-3-4-8-19(18)13-20/h3-13,23H,14-15,27H2,1-2H3,(H,28,31). The monoisotopic (exact) mass is 416 g/mol. The zero-order valence-electron chi connectivity index (χ0n) is 17.6. The van der Waals surface area contributed by atoms with Gasteiger partial charge < -0.3 is 11.1 Å². The first kappa shape index (κ1) is 20.8. The van der Waals surface area contributed by atoms with Gasteiger partial charge in [0.05, 0.1) is 18.2 Å². The zero-order valence-corrected chi connectivity index (χ0v) is 17.6. The summed E-state index contributed by atoms with van der Waals surface area (Å²) in [5, 5.41) is 9.74. The molecule has 1 unspecified atom stereocenters. The molecule has 0 fully saturated rings. The van der Waals surface area contributed by atoms with Crippen molar-refractivity contribution >= 4 is 16.7 Å². The lowest BCUT2D eigenvalue weighted by Crippen LogP contribution is -2.34. The number of fused-ring (bicyclic) bond motifs is 1. The van der Waals surface area contributed by atoms with Crippen LogP contribution in [0, 0.1) is 19.7 Å². The number of halogens is 1. The van der Waals surface area contributed by atoms with Crippen LogP contribution in [0.5, 0.6) is 0 Å². The Bertz CT molecular complexity index is 1250. The van der Waals surface area contributed by atoms with Gasteiger partial charge in [-0.15, -0.1) is 0 Å². The third-order valence-electron chi connectivity index (χ3n) is 5.61. The first-order valence-electron chi connectivity index (χ1n) is 10.3. The zero-order chi connectivity index (χ0) is 22.0. The first-order valence-corrected chi connectivity index (χ1v) is 10.3. The Hall–Kier alpha value is -3.51. The van der Waals surface area contributed by atoms with Crippen molar-refractivity contribution < 1.29 is 9.18 Å². The molecular formula is C25H25FN4O. The quantitative estimate of drug-likeness (QED) is 0.496. The summed E-state index contributed by atoms with van der Waals surface area (Å²) < 4.78 is 15.8. The van der Waals surface area contributed by atoms with Crippen LogP contribution >= 0.6 is 0 Å². The number of carbonyl (C=O) groups excluding carboxylic acids is 1. The van der Waals surface area contributed by atoms with Gasteiger partial charge >= 0.3 is 0 Å². The molecule has 0 radical (unpaired) electrons. The average molecular weight is 417 g/mol. The molecular weight excluding hydrogens is 391 g/mol. The number of nitrogens with one attached hydrogen (secondary N) is 1. The fourth-order valence-electron chi connectivity index (χ4n) is 3.90. The Kier molecular flexibility index (Phi) is 5.82. The van der Waals surface area contributed by atoms with Crippen molar-refractivity contribution in [3.63, 3.8) is 0 Å². The number of nitrogens with two attached hydrogens (primary N) is 1. The second-order valence-corrected chi connectivity index (χ2v) is 7.65. The molecule has 31 heavy (non-hydrogen) atoms. The molecule has 3 N–H and O–H groups in total. The summed E-state index contributed by atoms with van der Waals surface area (Å²) in [6, 6.07) is 20.3. The van der Waals surface area contributed by atoms with Crippen molar-refractivity contribution in [2.75, 3.05) is 6.54 Å². The van der Waals surface area contributed by atoms with Gasteiger partial charge in [-0.05, 0) is 48.4 Å². The van der Waals surface area contributed by atoms with E-state index in [0.717, 1.165) is 27.6 Å². The molecule has 0 saturated heterocycles. The average Bonchev–Trinajstić information content (AvgIpc) is 3.05. The number of hydrogen-bond acceptors (Lipinski definition) is 3. The molecule has 6 heteroatoms. The molecule has 5 nitrogen and oxygen atoms in total. The maximum Gasteiger partial charge on any atom is 0.225 e. The highest BCUT2D eigenvalue weighted by atomic mass is 19.1. The minimum absolute atomic E-state index is 0.149. The van der Waals surface area contributed by atoms with E-state index < -0.39 is 0 Å². The van der Waals surface area contributed by atoms with Gasteiger partial charge in [0, 0.05) is 17.8 Å². The highest BCUT2D eigenvalue weighted by Crippen LogP contribution is 2.22. The smallest absolute Gasteiger partial charge is 0.225 e. The van der Waals surface area contributed by atoms with Crippen LogP contribution in [-0.2, 0) is 11.2 Å². The summed E-state index contributed by atoms with van der Waals surface area (Å²) in [6.45, 7) is 3.96. The number of hydrogen-bond donors (Lipinski definition) is 2. The van der Waals surface area contributed by atoms with E-state index >= 15 is 0 Å². The molecule has 1 heterocycles. The summed E-state index contributed by atoms with van der Waals surface area (Å²) >= 11 is 0. The van der Waals surface area contributed by atoms with E-state index in [4.69, 9.17) is 5.73 Å². The molecule has 1 atom stereocenters. The Morgan fingerprint density at radius 2 is 1.77 bits per heavy atom. The SMILES string of the molecule is Cc1nn(-c2ccccc2F)c(C)c1CC(=O)NC(CN)c1ccc2ccccc2c1. The molecule has 0 bridgehead atoms. The second kappa shape index (κ2) is 8.70. The molecule has 158 valence electrons. The number of carbonyl (C=O) groups is 1. The van der Waals surface area contributed by atoms with E-state index in [1.165, 1.54) is 6.07 Å². The Balaban J connectivity index is 1.54. The van der Waals surface area contributed by atoms with Crippen LogP contribution in [0.2, 0.25) is 0 Å². The van der Waals surface area contributed by atoms with Crippen molar-refractivity contribution in [2.45, 2.75) is 26.3 Å². The molecule has 0 spiro atoms. The number of nitrogens with zero attached hydrogens (tertiary/aromatic N) is 2. The highest BCUT2D eigenvalue weighted by Gasteiger charge is 2.20. The number of aromatic nitrogens is 2. The van der Waals surface area contributed by atoms with Crippen LogP contribution < -0.4 is 11.1 Å². The number of amides is 1. The van der Waals surface area contributed by atoms with E-state index in [-0.39, 0.29) is 30.7 Å². The number of benzene rings is 3. The van der Waals surface area contributed by atoms with Gasteiger partial charge in [0.2, 0.25) is 5.91 Å². The number of aryl methyl sites for hydroxylation is 1. The minimum Gasteiger partial charge on any atom is -0.348 e. The molecule has 0 saturated carbocycles. The van der Waals surface area contributed by atoms with Crippen LogP contribution in [0.4, 0.5) is 4.39 Å². The second-order valence-electron chi connectivity index (χ2n) is 7.65. The summed E-state index contributed by atoms with van der Waals surface area (Å²) in [5.41, 5.74) is 9.53. The molecule has 4 aromatic rings. The van der Waals surface area contributed by atoms with E-state index in [1.54, 1.807) is 22.9 Å². The highest BCUT2D eigenvalue weighted by molar-refractivity contribution is 5.84. The van der Waals surface area contributed by atoms with Gasteiger partial charge in [0.25, 0.3) is 0 Å². The lowest BCUT2D eigenvalue weighted by molar-refractivity contribution is -0.121. The summed E-state index contributed by atoms with van der Waals surface area (Å²) in [6.07, 6.45) is 0.149. The molecule has 1 aromatic heterocycles. The summed E-state index contributed by atoms with van der Waals surface area (Å²) in [4.78, 5) is 12.9. The minimum atomic E-state index is -0.358. The van der Waals surface area contributed by atoms with Gasteiger partial charge in [0.1, 0.15) is 11.5 Å². The predicted molar refractivity (Wildman–Crippen MR) is 121 cm³/mol. The van der Waals surface area contributed by atoms with E-state index in [0.29, 0.717) is 11.4 Å². The van der Waals surface area contributed by atoms with Crippen LogP contribution in [0.15, 0.2) is 66.7 Å². The maximum atomic E-state index is 14.2. The lowest BCUT2D eigenvalue weighted by atomic mass is 10.0. The van der Waals surface area contributed by atoms with Crippen LogP contribution in [0.1, 0.15) is 28.6 Å². The first-order chi connectivity index (χ1) is 15.0. The van der Waals surface area contributed by atoms with Crippen LogP contribution in [-0.4, -0.2) is 22.2 Å². The van der Waals surface area contributed by atoms with Gasteiger partial charge in [-0.3, -0.25) is 4.79 Å². The third kappa shape index (κ3) is 4.20. The molecule has 0 aliphatic heterocycles. The van der Waals surface area contributed by atoms with Crippen molar-refractivity contribution in [2.24, 2.45) is 5.73 Å². The largest absolute Gasteiger partial charge is 0.348 e. The van der Waals surface area contributed by atoms with Crippen LogP contribution in [0.25, 0.3) is 16.5 Å². The maximum absolute atomic E-state index is 14.2. The predicted octanol–water partition coefficient (Wildman–Crippen LogP) is 4.14. The molecule has 0 aliphatic rings. The van der Waals surface area contributed by atoms with Crippen molar-refractivity contribution in [3.05, 3.63) is 95.1 Å². The van der Waals surface area contributed by atoms with Gasteiger partial charge in [-0.25, -0.2) is 9.07 Å². The van der Waals surface area contributed by atoms with Crippen LogP contribution in [0.3, 0.4) is 0 Å². The Morgan fingerprint density at radius 3 is 2.52 bits per heavy atom. The fourth-order valence-corrected chi connectivity index (χ4v) is 3.90.